The highest BCUT2D eigenvalue weighted by atomic mass is 79.9. The summed E-state index contributed by atoms with van der Waals surface area (Å²) in [6, 6.07) is 7.92. The Morgan fingerprint density at radius 2 is 2.17 bits per heavy atom. The molecule has 0 unspecified atom stereocenters. The highest BCUT2D eigenvalue weighted by Gasteiger charge is 2.13. The van der Waals surface area contributed by atoms with E-state index in [4.69, 9.17) is 11.6 Å². The molecule has 2 aromatic rings. The summed E-state index contributed by atoms with van der Waals surface area (Å²) in [6.45, 7) is 0. The second-order valence-electron chi connectivity index (χ2n) is 3.45. The molecule has 0 atom stereocenters. The molecule has 1 amide bonds. The van der Waals surface area contributed by atoms with Gasteiger partial charge in [-0.05, 0) is 46.3 Å². The van der Waals surface area contributed by atoms with E-state index in [2.05, 4.69) is 26.2 Å². The summed E-state index contributed by atoms with van der Waals surface area (Å²) >= 11 is 9.09. The average Bonchev–Trinajstić information content (AvgIpc) is 2.33. The van der Waals surface area contributed by atoms with Gasteiger partial charge in [0.1, 0.15) is 5.75 Å². The van der Waals surface area contributed by atoms with Crippen molar-refractivity contribution in [2.24, 2.45) is 0 Å². The molecule has 1 heterocycles. The fraction of sp³-hybridized carbons (Fsp3) is 0. The third-order valence-electron chi connectivity index (χ3n) is 2.18. The molecule has 0 radical (unpaired) electrons. The molecule has 2 rings (SSSR count). The number of carbonyl (C=O) groups is 1. The van der Waals surface area contributed by atoms with Crippen molar-refractivity contribution in [3.63, 3.8) is 0 Å². The molecule has 1 aromatic carbocycles. The van der Waals surface area contributed by atoms with Gasteiger partial charge in [-0.2, -0.15) is 0 Å². The van der Waals surface area contributed by atoms with Gasteiger partial charge in [-0.25, -0.2) is 4.98 Å². The molecule has 6 heteroatoms. The molecule has 0 fully saturated rings. The lowest BCUT2D eigenvalue weighted by molar-refractivity contribution is 0.101. The maximum Gasteiger partial charge on any atom is 0.278 e. The second-order valence-corrected chi connectivity index (χ2v) is 4.74. The topological polar surface area (TPSA) is 62.2 Å². The highest BCUT2D eigenvalue weighted by Crippen LogP contribution is 2.26. The Kier molecular flexibility index (Phi) is 3.84. The number of rotatable bonds is 2. The van der Waals surface area contributed by atoms with Crippen LogP contribution in [-0.4, -0.2) is 16.0 Å². The minimum Gasteiger partial charge on any atom is -0.505 e. The molecule has 92 valence electrons. The number of benzene rings is 1. The van der Waals surface area contributed by atoms with Crippen molar-refractivity contribution in [2.75, 3.05) is 5.32 Å². The van der Waals surface area contributed by atoms with Gasteiger partial charge in [0.05, 0.1) is 5.69 Å². The molecule has 0 bridgehead atoms. The molecule has 0 spiro atoms. The van der Waals surface area contributed by atoms with E-state index in [9.17, 15) is 9.90 Å². The van der Waals surface area contributed by atoms with Crippen molar-refractivity contribution in [1.82, 2.24) is 4.98 Å². The molecular formula is C12H8BrClN2O2. The summed E-state index contributed by atoms with van der Waals surface area (Å²) < 4.78 is 0.652. The third kappa shape index (κ3) is 2.80. The van der Waals surface area contributed by atoms with E-state index in [0.29, 0.717) is 15.2 Å². The summed E-state index contributed by atoms with van der Waals surface area (Å²) in [7, 11) is 0. The number of halogens is 2. The monoisotopic (exact) mass is 326 g/mol. The van der Waals surface area contributed by atoms with Crippen LogP contribution >= 0.6 is 27.5 Å². The fourth-order valence-corrected chi connectivity index (χ4v) is 2.13. The van der Waals surface area contributed by atoms with E-state index < -0.39 is 5.91 Å². The zero-order valence-corrected chi connectivity index (χ0v) is 11.4. The number of hydrogen-bond donors (Lipinski definition) is 2. The first-order chi connectivity index (χ1) is 8.58. The summed E-state index contributed by atoms with van der Waals surface area (Å²) in [6.07, 6.45) is 1.44. The van der Waals surface area contributed by atoms with Crippen LogP contribution in [0.1, 0.15) is 10.5 Å². The summed E-state index contributed by atoms with van der Waals surface area (Å²) in [5.41, 5.74) is 0.522. The maximum absolute atomic E-state index is 11.9. The van der Waals surface area contributed by atoms with Gasteiger partial charge in [0.2, 0.25) is 0 Å². The van der Waals surface area contributed by atoms with Crippen LogP contribution in [0.5, 0.6) is 5.75 Å². The van der Waals surface area contributed by atoms with E-state index in [1.54, 1.807) is 24.3 Å². The number of aromatic nitrogens is 1. The van der Waals surface area contributed by atoms with Crippen LogP contribution in [0.4, 0.5) is 5.69 Å². The van der Waals surface area contributed by atoms with Gasteiger partial charge >= 0.3 is 0 Å². The van der Waals surface area contributed by atoms with Gasteiger partial charge in [0.25, 0.3) is 5.91 Å². The Morgan fingerprint density at radius 1 is 1.39 bits per heavy atom. The van der Waals surface area contributed by atoms with Crippen LogP contribution in [0.3, 0.4) is 0 Å². The number of amides is 1. The number of aromatic hydroxyl groups is 1. The maximum atomic E-state index is 11.9. The lowest BCUT2D eigenvalue weighted by Crippen LogP contribution is -2.14. The van der Waals surface area contributed by atoms with Gasteiger partial charge in [-0.3, -0.25) is 4.79 Å². The van der Waals surface area contributed by atoms with E-state index >= 15 is 0 Å². The average molecular weight is 328 g/mol. The largest absolute Gasteiger partial charge is 0.505 e. The number of carbonyl (C=O) groups excluding carboxylic acids is 1. The minimum atomic E-state index is -0.490. The number of anilines is 1. The first-order valence-corrected chi connectivity index (χ1v) is 6.15. The normalized spacial score (nSPS) is 10.1. The first-order valence-electron chi connectivity index (χ1n) is 4.98. The Labute approximate surface area is 117 Å². The van der Waals surface area contributed by atoms with Crippen molar-refractivity contribution in [2.45, 2.75) is 0 Å². The first kappa shape index (κ1) is 12.9. The Balaban J connectivity index is 2.24. The number of hydrogen-bond acceptors (Lipinski definition) is 3. The third-order valence-corrected chi connectivity index (χ3v) is 3.07. The van der Waals surface area contributed by atoms with E-state index in [0.717, 1.165) is 0 Å². The van der Waals surface area contributed by atoms with Crippen LogP contribution in [0.2, 0.25) is 5.02 Å². The molecule has 2 N–H and O–H groups in total. The van der Waals surface area contributed by atoms with Crippen LogP contribution in [0.15, 0.2) is 41.0 Å². The Morgan fingerprint density at radius 3 is 2.83 bits per heavy atom. The highest BCUT2D eigenvalue weighted by molar-refractivity contribution is 9.10. The van der Waals surface area contributed by atoms with E-state index in [1.165, 1.54) is 12.3 Å². The number of nitrogens with one attached hydrogen (secondary N) is 1. The summed E-state index contributed by atoms with van der Waals surface area (Å²) in [5, 5.41) is 12.7. The van der Waals surface area contributed by atoms with Crippen LogP contribution in [-0.2, 0) is 0 Å². The standard InChI is InChI=1S/C12H8BrClN2O2/c13-8-6-7(14)3-4-9(8)16-12(18)11-10(17)2-1-5-15-11/h1-6,17H,(H,16,18). The second kappa shape index (κ2) is 5.37. The molecule has 1 aromatic heterocycles. The van der Waals surface area contributed by atoms with Gasteiger partial charge in [0.15, 0.2) is 5.69 Å². The molecule has 0 aliphatic carbocycles. The zero-order valence-electron chi connectivity index (χ0n) is 9.02. The zero-order chi connectivity index (χ0) is 13.1. The SMILES string of the molecule is O=C(Nc1ccc(Cl)cc1Br)c1ncccc1O. The van der Waals surface area contributed by atoms with E-state index in [-0.39, 0.29) is 11.4 Å². The van der Waals surface area contributed by atoms with Crippen LogP contribution < -0.4 is 5.32 Å². The van der Waals surface area contributed by atoms with Gasteiger partial charge in [-0.15, -0.1) is 0 Å². The molecule has 0 aliphatic rings. The molecule has 18 heavy (non-hydrogen) atoms. The lowest BCUT2D eigenvalue weighted by atomic mass is 10.2. The van der Waals surface area contributed by atoms with Crippen LogP contribution in [0, 0.1) is 0 Å². The van der Waals surface area contributed by atoms with Crippen molar-refractivity contribution in [3.8, 4) is 5.75 Å². The van der Waals surface area contributed by atoms with Gasteiger partial charge in [-0.1, -0.05) is 11.6 Å². The molecule has 0 saturated heterocycles. The minimum absolute atomic E-state index is 0.0284. The molecule has 4 nitrogen and oxygen atoms in total. The predicted octanol–water partition coefficient (Wildman–Crippen LogP) is 3.46. The summed E-state index contributed by atoms with van der Waals surface area (Å²) in [5.74, 6) is -0.656. The van der Waals surface area contributed by atoms with Crippen LogP contribution in [0.25, 0.3) is 0 Å². The number of nitrogens with zero attached hydrogens (tertiary/aromatic N) is 1. The van der Waals surface area contributed by atoms with E-state index in [1.807, 2.05) is 0 Å². The molecule has 0 saturated carbocycles. The molecule has 0 aliphatic heterocycles. The van der Waals surface area contributed by atoms with Gasteiger partial charge in [0, 0.05) is 15.7 Å². The summed E-state index contributed by atoms with van der Waals surface area (Å²) in [4.78, 5) is 15.7. The predicted molar refractivity (Wildman–Crippen MR) is 73.0 cm³/mol. The Hall–Kier alpha value is -1.59. The van der Waals surface area contributed by atoms with Gasteiger partial charge < -0.3 is 10.4 Å². The molecular weight excluding hydrogens is 320 g/mol. The van der Waals surface area contributed by atoms with Crippen molar-refractivity contribution < 1.29 is 9.90 Å². The van der Waals surface area contributed by atoms with Crippen molar-refractivity contribution >= 4 is 39.1 Å². The van der Waals surface area contributed by atoms with Crippen molar-refractivity contribution in [1.29, 1.82) is 0 Å². The van der Waals surface area contributed by atoms with Crippen molar-refractivity contribution in [3.05, 3.63) is 51.7 Å². The smallest absolute Gasteiger partial charge is 0.278 e. The fourth-order valence-electron chi connectivity index (χ4n) is 1.34. The number of pyridine rings is 1. The quantitative estimate of drug-likeness (QED) is 0.888. The Bertz CT molecular complexity index is 604. The lowest BCUT2D eigenvalue weighted by Gasteiger charge is -2.07.